The third-order valence-corrected chi connectivity index (χ3v) is 4.77. The van der Waals surface area contributed by atoms with E-state index < -0.39 is 5.97 Å². The lowest BCUT2D eigenvalue weighted by atomic mass is 9.86. The molecule has 0 heterocycles. The first-order chi connectivity index (χ1) is 11.2. The van der Waals surface area contributed by atoms with Gasteiger partial charge < -0.3 is 15.2 Å². The summed E-state index contributed by atoms with van der Waals surface area (Å²) in [5.74, 6) is 0.0889. The van der Waals surface area contributed by atoms with Gasteiger partial charge in [-0.05, 0) is 48.8 Å². The average Bonchev–Trinajstić information content (AvgIpc) is 2.59. The van der Waals surface area contributed by atoms with Crippen molar-refractivity contribution in [1.29, 1.82) is 0 Å². The van der Waals surface area contributed by atoms with Crippen LogP contribution in [0.3, 0.4) is 0 Å². The lowest BCUT2D eigenvalue weighted by molar-refractivity contribution is -0.142. The van der Waals surface area contributed by atoms with E-state index in [0.29, 0.717) is 6.04 Å². The number of carboxylic acids is 1. The summed E-state index contributed by atoms with van der Waals surface area (Å²) >= 11 is 0. The number of carbonyl (C=O) groups is 1. The van der Waals surface area contributed by atoms with Crippen LogP contribution in [0.4, 0.5) is 0 Å². The predicted molar refractivity (Wildman–Crippen MR) is 90.7 cm³/mol. The van der Waals surface area contributed by atoms with Crippen molar-refractivity contribution in [3.63, 3.8) is 0 Å². The van der Waals surface area contributed by atoms with Crippen LogP contribution in [0.15, 0.2) is 36.4 Å². The highest BCUT2D eigenvalue weighted by Crippen LogP contribution is 2.28. The molecule has 4 nitrogen and oxygen atoms in total. The van der Waals surface area contributed by atoms with E-state index in [4.69, 9.17) is 9.84 Å². The molecule has 0 bridgehead atoms. The maximum Gasteiger partial charge on any atom is 0.306 e. The van der Waals surface area contributed by atoms with Gasteiger partial charge in [0.2, 0.25) is 0 Å². The molecule has 3 rings (SSSR count). The highest BCUT2D eigenvalue weighted by atomic mass is 16.5. The largest absolute Gasteiger partial charge is 0.496 e. The van der Waals surface area contributed by atoms with Gasteiger partial charge in [-0.25, -0.2) is 0 Å². The number of hydrogen-bond acceptors (Lipinski definition) is 3. The second kappa shape index (κ2) is 7.01. The van der Waals surface area contributed by atoms with Crippen LogP contribution in [-0.2, 0) is 11.3 Å². The Hall–Kier alpha value is -2.07. The summed E-state index contributed by atoms with van der Waals surface area (Å²) in [7, 11) is 1.70. The monoisotopic (exact) mass is 313 g/mol. The highest BCUT2D eigenvalue weighted by Gasteiger charge is 2.25. The van der Waals surface area contributed by atoms with Gasteiger partial charge in [-0.2, -0.15) is 0 Å². The Morgan fingerprint density at radius 2 is 1.96 bits per heavy atom. The van der Waals surface area contributed by atoms with Crippen LogP contribution < -0.4 is 10.1 Å². The molecule has 0 aromatic heterocycles. The number of aliphatic carboxylic acids is 1. The Morgan fingerprint density at radius 3 is 2.65 bits per heavy atom. The average molecular weight is 313 g/mol. The molecule has 2 aromatic carbocycles. The normalized spacial score (nSPS) is 21.3. The number of nitrogens with one attached hydrogen (secondary N) is 1. The van der Waals surface area contributed by atoms with Gasteiger partial charge in [-0.1, -0.05) is 24.3 Å². The summed E-state index contributed by atoms with van der Waals surface area (Å²) in [4.78, 5) is 11.0. The molecule has 4 heteroatoms. The Balaban J connectivity index is 1.65. The molecule has 0 radical (unpaired) electrons. The first kappa shape index (κ1) is 15.8. The van der Waals surface area contributed by atoms with E-state index in [1.54, 1.807) is 7.11 Å². The Morgan fingerprint density at radius 1 is 1.22 bits per heavy atom. The number of rotatable bonds is 5. The number of hydrogen-bond donors (Lipinski definition) is 2. The summed E-state index contributed by atoms with van der Waals surface area (Å²) in [5, 5.41) is 14.9. The molecule has 23 heavy (non-hydrogen) atoms. The number of methoxy groups -OCH3 is 1. The number of benzene rings is 2. The molecular weight excluding hydrogens is 290 g/mol. The van der Waals surface area contributed by atoms with E-state index in [-0.39, 0.29) is 5.92 Å². The standard InChI is InChI=1S/C19H23NO3/c1-23-18-11-13(10-15-4-2-3-5-17(15)18)12-20-16-8-6-14(7-9-16)19(21)22/h2-5,10-11,14,16,20H,6-9,12H2,1H3,(H,21,22). The third-order valence-electron chi connectivity index (χ3n) is 4.77. The predicted octanol–water partition coefficient (Wildman–Crippen LogP) is 3.58. The molecular formula is C19H23NO3. The molecule has 1 fully saturated rings. The summed E-state index contributed by atoms with van der Waals surface area (Å²) in [6.07, 6.45) is 3.41. The topological polar surface area (TPSA) is 58.6 Å². The van der Waals surface area contributed by atoms with Gasteiger partial charge in [0, 0.05) is 18.0 Å². The zero-order valence-corrected chi connectivity index (χ0v) is 13.4. The molecule has 0 saturated heterocycles. The molecule has 0 spiro atoms. The minimum absolute atomic E-state index is 0.159. The lowest BCUT2D eigenvalue weighted by Crippen LogP contribution is -2.34. The highest BCUT2D eigenvalue weighted by molar-refractivity contribution is 5.89. The van der Waals surface area contributed by atoms with Gasteiger partial charge in [0.05, 0.1) is 13.0 Å². The SMILES string of the molecule is COc1cc(CNC2CCC(C(=O)O)CC2)cc2ccccc12. The van der Waals surface area contributed by atoms with Crippen molar-refractivity contribution in [2.75, 3.05) is 7.11 Å². The Bertz CT molecular complexity index is 690. The van der Waals surface area contributed by atoms with Crippen molar-refractivity contribution >= 4 is 16.7 Å². The van der Waals surface area contributed by atoms with E-state index in [2.05, 4.69) is 29.6 Å². The van der Waals surface area contributed by atoms with Gasteiger partial charge in [0.15, 0.2) is 0 Å². The van der Waals surface area contributed by atoms with Gasteiger partial charge >= 0.3 is 5.97 Å². The molecule has 2 N–H and O–H groups in total. The van der Waals surface area contributed by atoms with Crippen LogP contribution in [0.2, 0.25) is 0 Å². The minimum Gasteiger partial charge on any atom is -0.496 e. The number of carboxylic acid groups (broad SMARTS) is 1. The van der Waals surface area contributed by atoms with Crippen LogP contribution in [0.25, 0.3) is 10.8 Å². The van der Waals surface area contributed by atoms with Crippen LogP contribution in [-0.4, -0.2) is 24.2 Å². The fourth-order valence-electron chi connectivity index (χ4n) is 3.41. The van der Waals surface area contributed by atoms with E-state index >= 15 is 0 Å². The van der Waals surface area contributed by atoms with Crippen LogP contribution >= 0.6 is 0 Å². The second-order valence-electron chi connectivity index (χ2n) is 6.29. The maximum atomic E-state index is 11.0. The van der Waals surface area contributed by atoms with E-state index in [1.807, 2.05) is 12.1 Å². The van der Waals surface area contributed by atoms with Gasteiger partial charge in [-0.3, -0.25) is 4.79 Å². The Kier molecular flexibility index (Phi) is 4.82. The van der Waals surface area contributed by atoms with Gasteiger partial charge in [-0.15, -0.1) is 0 Å². The molecule has 0 atom stereocenters. The fourth-order valence-corrected chi connectivity index (χ4v) is 3.41. The third kappa shape index (κ3) is 3.64. The molecule has 1 saturated carbocycles. The minimum atomic E-state index is -0.650. The smallest absolute Gasteiger partial charge is 0.306 e. The van der Waals surface area contributed by atoms with Gasteiger partial charge in [0.25, 0.3) is 0 Å². The fraction of sp³-hybridized carbons (Fsp3) is 0.421. The summed E-state index contributed by atoms with van der Waals surface area (Å²) in [6, 6.07) is 12.9. The zero-order valence-electron chi connectivity index (χ0n) is 13.4. The van der Waals surface area contributed by atoms with Crippen molar-refractivity contribution in [3.05, 3.63) is 42.0 Å². The molecule has 1 aliphatic carbocycles. The van der Waals surface area contributed by atoms with Crippen molar-refractivity contribution in [1.82, 2.24) is 5.32 Å². The van der Waals surface area contributed by atoms with Crippen LogP contribution in [0.1, 0.15) is 31.2 Å². The first-order valence-corrected chi connectivity index (χ1v) is 8.19. The van der Waals surface area contributed by atoms with Crippen molar-refractivity contribution in [2.45, 2.75) is 38.3 Å². The number of ether oxygens (including phenoxy) is 1. The lowest BCUT2D eigenvalue weighted by Gasteiger charge is -2.27. The molecule has 122 valence electrons. The van der Waals surface area contributed by atoms with E-state index in [0.717, 1.165) is 43.4 Å². The van der Waals surface area contributed by atoms with E-state index in [1.165, 1.54) is 10.9 Å². The van der Waals surface area contributed by atoms with Crippen LogP contribution in [0, 0.1) is 5.92 Å². The molecule has 0 amide bonds. The summed E-state index contributed by atoms with van der Waals surface area (Å²) in [6.45, 7) is 0.781. The Labute approximate surface area is 136 Å². The molecule has 0 unspecified atom stereocenters. The second-order valence-corrected chi connectivity index (χ2v) is 6.29. The van der Waals surface area contributed by atoms with Crippen molar-refractivity contribution in [2.24, 2.45) is 5.92 Å². The van der Waals surface area contributed by atoms with Crippen molar-refractivity contribution in [3.8, 4) is 5.75 Å². The van der Waals surface area contributed by atoms with E-state index in [9.17, 15) is 4.79 Å². The zero-order chi connectivity index (χ0) is 16.2. The molecule has 1 aliphatic rings. The summed E-state index contributed by atoms with van der Waals surface area (Å²) < 4.78 is 5.51. The maximum absolute atomic E-state index is 11.0. The molecule has 0 aliphatic heterocycles. The van der Waals surface area contributed by atoms with Gasteiger partial charge in [0.1, 0.15) is 5.75 Å². The summed E-state index contributed by atoms with van der Waals surface area (Å²) in [5.41, 5.74) is 1.20. The number of fused-ring (bicyclic) bond motifs is 1. The van der Waals surface area contributed by atoms with Crippen LogP contribution in [0.5, 0.6) is 5.75 Å². The van der Waals surface area contributed by atoms with Crippen molar-refractivity contribution < 1.29 is 14.6 Å². The first-order valence-electron chi connectivity index (χ1n) is 8.19. The molecule has 2 aromatic rings. The quantitative estimate of drug-likeness (QED) is 0.886.